The van der Waals surface area contributed by atoms with Crippen molar-refractivity contribution in [2.75, 3.05) is 30.4 Å². The van der Waals surface area contributed by atoms with Gasteiger partial charge >= 0.3 is 0 Å². The Kier molecular flexibility index (Phi) is 5.99. The van der Waals surface area contributed by atoms with E-state index in [0.717, 1.165) is 18.8 Å². The summed E-state index contributed by atoms with van der Waals surface area (Å²) in [5.41, 5.74) is 2.34. The zero-order valence-corrected chi connectivity index (χ0v) is 19.1. The van der Waals surface area contributed by atoms with Gasteiger partial charge in [0.15, 0.2) is 11.5 Å². The summed E-state index contributed by atoms with van der Waals surface area (Å²) >= 11 is 0. The molecule has 0 saturated carbocycles. The molecule has 1 N–H and O–H groups in total. The Morgan fingerprint density at radius 3 is 2.62 bits per heavy atom. The van der Waals surface area contributed by atoms with Crippen molar-refractivity contribution in [1.29, 1.82) is 0 Å². The molecule has 0 spiro atoms. The predicted molar refractivity (Wildman–Crippen MR) is 133 cm³/mol. The lowest BCUT2D eigenvalue weighted by Crippen LogP contribution is -2.29. The number of hydrogen-bond donors (Lipinski definition) is 1. The highest BCUT2D eigenvalue weighted by molar-refractivity contribution is 5.77. The van der Waals surface area contributed by atoms with Gasteiger partial charge in [0.05, 0.1) is 13.7 Å². The van der Waals surface area contributed by atoms with Gasteiger partial charge in [0.2, 0.25) is 11.8 Å². The molecule has 3 aromatic heterocycles. The van der Waals surface area contributed by atoms with Gasteiger partial charge in [0.1, 0.15) is 5.39 Å². The lowest BCUT2D eigenvalue weighted by molar-refractivity contribution is 0.396. The van der Waals surface area contributed by atoms with Gasteiger partial charge in [-0.3, -0.25) is 4.79 Å². The molecule has 0 amide bonds. The van der Waals surface area contributed by atoms with Gasteiger partial charge in [-0.15, -0.1) is 6.58 Å². The van der Waals surface area contributed by atoms with E-state index < -0.39 is 0 Å². The molecule has 0 unspecified atom stereocenters. The first kappa shape index (κ1) is 21.7. The van der Waals surface area contributed by atoms with Crippen molar-refractivity contribution in [3.8, 4) is 11.7 Å². The van der Waals surface area contributed by atoms with E-state index in [1.165, 1.54) is 29.6 Å². The summed E-state index contributed by atoms with van der Waals surface area (Å²) in [6.07, 6.45) is 6.99. The number of anilines is 3. The summed E-state index contributed by atoms with van der Waals surface area (Å²) in [5.74, 6) is 1.35. The van der Waals surface area contributed by atoms with Gasteiger partial charge in [-0.1, -0.05) is 12.1 Å². The molecule has 0 bridgehead atoms. The number of pyridine rings is 1. The molecule has 9 nitrogen and oxygen atoms in total. The number of hydrogen-bond acceptors (Lipinski definition) is 7. The quantitative estimate of drug-likeness (QED) is 0.421. The molecular formula is C25H27N7O2. The molecule has 1 fully saturated rings. The Labute approximate surface area is 197 Å². The van der Waals surface area contributed by atoms with Crippen LogP contribution < -0.4 is 20.5 Å². The number of ether oxygens (including phenoxy) is 1. The van der Waals surface area contributed by atoms with Crippen LogP contribution in [0.15, 0.2) is 66.1 Å². The van der Waals surface area contributed by atoms with Crippen LogP contribution in [0.5, 0.6) is 5.88 Å². The van der Waals surface area contributed by atoms with Crippen molar-refractivity contribution in [2.24, 2.45) is 0 Å². The van der Waals surface area contributed by atoms with Gasteiger partial charge in [0.25, 0.3) is 5.56 Å². The number of rotatable bonds is 7. The Morgan fingerprint density at radius 1 is 1.09 bits per heavy atom. The predicted octanol–water partition coefficient (Wildman–Crippen LogP) is 3.91. The number of allylic oxidation sites excluding steroid dienone is 1. The lowest BCUT2D eigenvalue weighted by atomic mass is 10.1. The summed E-state index contributed by atoms with van der Waals surface area (Å²) < 4.78 is 8.48. The number of nitrogens with one attached hydrogen (secondary N) is 1. The Hall–Kier alpha value is -4.14. The molecule has 1 aromatic carbocycles. The SMILES string of the molecule is C=CCn1c(=O)c2cnc(Nc3ccc(N4CCCCC4)cc3)nc2n1-c1cccc(OC)n1. The highest BCUT2D eigenvalue weighted by Gasteiger charge is 2.18. The number of nitrogens with zero attached hydrogens (tertiary/aromatic N) is 6. The number of piperidine rings is 1. The number of fused-ring (bicyclic) bond motifs is 1. The van der Waals surface area contributed by atoms with Crippen molar-refractivity contribution >= 4 is 28.4 Å². The third-order valence-electron chi connectivity index (χ3n) is 5.96. The van der Waals surface area contributed by atoms with E-state index in [-0.39, 0.29) is 5.56 Å². The maximum absolute atomic E-state index is 13.1. The van der Waals surface area contributed by atoms with Crippen molar-refractivity contribution in [2.45, 2.75) is 25.8 Å². The van der Waals surface area contributed by atoms with E-state index >= 15 is 0 Å². The van der Waals surface area contributed by atoms with Gasteiger partial charge in [0, 0.05) is 36.7 Å². The zero-order chi connectivity index (χ0) is 23.5. The molecule has 5 rings (SSSR count). The van der Waals surface area contributed by atoms with Crippen molar-refractivity contribution in [3.05, 3.63) is 71.7 Å². The normalized spacial score (nSPS) is 13.7. The third kappa shape index (κ3) is 4.12. The van der Waals surface area contributed by atoms with Crippen molar-refractivity contribution in [3.63, 3.8) is 0 Å². The van der Waals surface area contributed by atoms with Crippen LogP contribution in [-0.4, -0.2) is 44.5 Å². The summed E-state index contributed by atoms with van der Waals surface area (Å²) in [4.78, 5) is 29.0. The van der Waals surface area contributed by atoms with E-state index in [1.807, 2.05) is 18.2 Å². The minimum absolute atomic E-state index is 0.211. The molecule has 0 atom stereocenters. The minimum atomic E-state index is -0.211. The maximum Gasteiger partial charge on any atom is 0.278 e. The van der Waals surface area contributed by atoms with Crippen LogP contribution in [-0.2, 0) is 6.54 Å². The first-order chi connectivity index (χ1) is 16.7. The molecule has 4 aromatic rings. The van der Waals surface area contributed by atoms with E-state index in [0.29, 0.717) is 35.2 Å². The number of benzene rings is 1. The van der Waals surface area contributed by atoms with E-state index in [1.54, 1.807) is 36.2 Å². The van der Waals surface area contributed by atoms with E-state index in [2.05, 4.69) is 43.9 Å². The molecule has 1 aliphatic heterocycles. The zero-order valence-electron chi connectivity index (χ0n) is 19.1. The van der Waals surface area contributed by atoms with Crippen LogP contribution in [0.3, 0.4) is 0 Å². The van der Waals surface area contributed by atoms with Crippen LogP contribution >= 0.6 is 0 Å². The molecule has 1 saturated heterocycles. The van der Waals surface area contributed by atoms with Crippen LogP contribution in [0, 0.1) is 0 Å². The fourth-order valence-electron chi connectivity index (χ4n) is 4.28. The summed E-state index contributed by atoms with van der Waals surface area (Å²) in [6.45, 7) is 6.28. The summed E-state index contributed by atoms with van der Waals surface area (Å²) in [7, 11) is 1.55. The van der Waals surface area contributed by atoms with Gasteiger partial charge in [-0.2, -0.15) is 9.97 Å². The molecular weight excluding hydrogens is 430 g/mol. The second kappa shape index (κ2) is 9.38. The van der Waals surface area contributed by atoms with Crippen LogP contribution in [0.1, 0.15) is 19.3 Å². The fourth-order valence-corrected chi connectivity index (χ4v) is 4.28. The number of aromatic nitrogens is 5. The second-order valence-electron chi connectivity index (χ2n) is 8.18. The van der Waals surface area contributed by atoms with E-state index in [4.69, 9.17) is 4.74 Å². The monoisotopic (exact) mass is 457 g/mol. The first-order valence-electron chi connectivity index (χ1n) is 11.4. The summed E-state index contributed by atoms with van der Waals surface area (Å²) in [6, 6.07) is 13.6. The van der Waals surface area contributed by atoms with Crippen molar-refractivity contribution in [1.82, 2.24) is 24.3 Å². The Morgan fingerprint density at radius 2 is 1.88 bits per heavy atom. The molecule has 174 valence electrons. The van der Waals surface area contributed by atoms with Gasteiger partial charge < -0.3 is 15.0 Å². The standard InChI is InChI=1S/C25H27N7O2/c1-3-14-31-24(33)20-17-26-25(29-23(20)32(31)21-8-7-9-22(28-21)34-2)27-18-10-12-19(13-11-18)30-15-5-4-6-16-30/h3,7-13,17H,1,4-6,14-16H2,2H3,(H,26,27,29). The lowest BCUT2D eigenvalue weighted by Gasteiger charge is -2.28. The highest BCUT2D eigenvalue weighted by Crippen LogP contribution is 2.24. The molecule has 4 heterocycles. The van der Waals surface area contributed by atoms with Gasteiger partial charge in [-0.25, -0.2) is 14.3 Å². The third-order valence-corrected chi connectivity index (χ3v) is 5.96. The molecule has 9 heteroatoms. The van der Waals surface area contributed by atoms with Crippen LogP contribution in [0.25, 0.3) is 16.9 Å². The maximum atomic E-state index is 13.1. The summed E-state index contributed by atoms with van der Waals surface area (Å²) in [5, 5.41) is 3.66. The van der Waals surface area contributed by atoms with E-state index in [9.17, 15) is 4.79 Å². The molecule has 1 aliphatic rings. The average Bonchev–Trinajstić information content (AvgIpc) is 3.16. The molecule has 34 heavy (non-hydrogen) atoms. The molecule has 0 aliphatic carbocycles. The van der Waals surface area contributed by atoms with Gasteiger partial charge in [-0.05, 0) is 49.6 Å². The van der Waals surface area contributed by atoms with Crippen LogP contribution in [0.4, 0.5) is 17.3 Å². The second-order valence-corrected chi connectivity index (χ2v) is 8.18. The largest absolute Gasteiger partial charge is 0.481 e. The Bertz CT molecular complexity index is 1370. The van der Waals surface area contributed by atoms with Crippen molar-refractivity contribution < 1.29 is 4.74 Å². The minimum Gasteiger partial charge on any atom is -0.481 e. The number of methoxy groups -OCH3 is 1. The highest BCUT2D eigenvalue weighted by atomic mass is 16.5. The molecule has 0 radical (unpaired) electrons. The van der Waals surface area contributed by atoms with Crippen LogP contribution in [0.2, 0.25) is 0 Å². The first-order valence-corrected chi connectivity index (χ1v) is 11.4. The fraction of sp³-hybridized carbons (Fsp3) is 0.280. The average molecular weight is 458 g/mol. The topological polar surface area (TPSA) is 90.1 Å². The smallest absolute Gasteiger partial charge is 0.278 e. The Balaban J connectivity index is 1.51.